The Morgan fingerprint density at radius 3 is 2.79 bits per heavy atom. The van der Waals surface area contributed by atoms with Crippen LogP contribution in [0.25, 0.3) is 0 Å². The summed E-state index contributed by atoms with van der Waals surface area (Å²) < 4.78 is 2.02. The Kier molecular flexibility index (Phi) is 7.49. The first-order chi connectivity index (χ1) is 9.19. The number of allylic oxidation sites excluding steroid dienone is 1. The van der Waals surface area contributed by atoms with Crippen molar-refractivity contribution >= 4 is 0 Å². The van der Waals surface area contributed by atoms with Crippen LogP contribution >= 0.6 is 0 Å². The second kappa shape index (κ2) is 8.92. The van der Waals surface area contributed by atoms with E-state index in [1.165, 1.54) is 37.8 Å². The first-order valence-electron chi connectivity index (χ1n) is 7.53. The van der Waals surface area contributed by atoms with E-state index in [0.29, 0.717) is 6.04 Å². The van der Waals surface area contributed by atoms with Gasteiger partial charge in [-0.05, 0) is 45.2 Å². The molecular formula is C16H29N3. The zero-order chi connectivity index (χ0) is 14.1. The highest BCUT2D eigenvalue weighted by Gasteiger charge is 2.14. The van der Waals surface area contributed by atoms with Gasteiger partial charge in [0.2, 0.25) is 0 Å². The molecule has 0 amide bonds. The van der Waals surface area contributed by atoms with Crippen LogP contribution in [0.1, 0.15) is 62.9 Å². The molecule has 19 heavy (non-hydrogen) atoms. The fourth-order valence-corrected chi connectivity index (χ4v) is 2.44. The fourth-order valence-electron chi connectivity index (χ4n) is 2.44. The summed E-state index contributed by atoms with van der Waals surface area (Å²) >= 11 is 0. The van der Waals surface area contributed by atoms with Gasteiger partial charge in [0.1, 0.15) is 0 Å². The van der Waals surface area contributed by atoms with Crippen LogP contribution < -0.4 is 5.32 Å². The monoisotopic (exact) mass is 263 g/mol. The number of aromatic nitrogens is 2. The van der Waals surface area contributed by atoms with Gasteiger partial charge in [-0.2, -0.15) is 5.10 Å². The molecule has 1 N–H and O–H groups in total. The number of rotatable bonds is 10. The summed E-state index contributed by atoms with van der Waals surface area (Å²) in [6.45, 7) is 9.11. The Hall–Kier alpha value is -1.09. The number of aryl methyl sites for hydroxylation is 2. The molecule has 0 saturated carbocycles. The van der Waals surface area contributed by atoms with Gasteiger partial charge in [0, 0.05) is 13.1 Å². The number of hydrogen-bond acceptors (Lipinski definition) is 2. The van der Waals surface area contributed by atoms with Gasteiger partial charge >= 0.3 is 0 Å². The molecule has 3 nitrogen and oxygen atoms in total. The molecule has 1 aromatic rings. The summed E-state index contributed by atoms with van der Waals surface area (Å²) in [4.78, 5) is 0. The summed E-state index contributed by atoms with van der Waals surface area (Å²) in [5.74, 6) is 0. The third-order valence-electron chi connectivity index (χ3n) is 3.44. The lowest BCUT2D eigenvalue weighted by Crippen LogP contribution is -2.24. The van der Waals surface area contributed by atoms with Gasteiger partial charge in [-0.3, -0.25) is 4.68 Å². The molecule has 3 heteroatoms. The van der Waals surface area contributed by atoms with Gasteiger partial charge in [-0.15, -0.1) is 6.58 Å². The number of nitrogens with zero attached hydrogens (tertiary/aromatic N) is 2. The molecular weight excluding hydrogens is 234 g/mol. The van der Waals surface area contributed by atoms with E-state index in [1.807, 2.05) is 17.8 Å². The molecule has 0 spiro atoms. The Morgan fingerprint density at radius 1 is 1.42 bits per heavy atom. The van der Waals surface area contributed by atoms with Crippen molar-refractivity contribution in [1.82, 2.24) is 15.1 Å². The Bertz CT molecular complexity index is 368. The normalized spacial score (nSPS) is 12.6. The van der Waals surface area contributed by atoms with Crippen molar-refractivity contribution in [2.45, 2.75) is 58.4 Å². The largest absolute Gasteiger partial charge is 0.309 e. The van der Waals surface area contributed by atoms with Crippen LogP contribution in [0.2, 0.25) is 0 Å². The summed E-state index contributed by atoms with van der Waals surface area (Å²) in [6, 6.07) is 2.65. The van der Waals surface area contributed by atoms with Crippen molar-refractivity contribution in [3.05, 3.63) is 30.1 Å². The SMILES string of the molecule is C=CCCCCCC(NCCC)c1cc(C)nn1C. The maximum Gasteiger partial charge on any atom is 0.0597 e. The fraction of sp³-hybridized carbons (Fsp3) is 0.688. The highest BCUT2D eigenvalue weighted by Crippen LogP contribution is 2.20. The quantitative estimate of drug-likeness (QED) is 0.512. The second-order valence-electron chi connectivity index (χ2n) is 5.27. The summed E-state index contributed by atoms with van der Waals surface area (Å²) in [6.07, 6.45) is 9.32. The molecule has 1 aromatic heterocycles. The zero-order valence-electron chi connectivity index (χ0n) is 12.8. The van der Waals surface area contributed by atoms with E-state index in [0.717, 1.165) is 18.7 Å². The predicted octanol–water partition coefficient (Wildman–Crippen LogP) is 3.91. The lowest BCUT2D eigenvalue weighted by molar-refractivity contribution is 0.447. The number of nitrogens with one attached hydrogen (secondary N) is 1. The third kappa shape index (κ3) is 5.60. The predicted molar refractivity (Wildman–Crippen MR) is 82.3 cm³/mol. The molecule has 0 saturated heterocycles. The van der Waals surface area contributed by atoms with Crippen molar-refractivity contribution in [2.24, 2.45) is 7.05 Å². The summed E-state index contributed by atoms with van der Waals surface area (Å²) in [5, 5.41) is 8.11. The molecule has 0 radical (unpaired) electrons. The van der Waals surface area contributed by atoms with Crippen molar-refractivity contribution < 1.29 is 0 Å². The van der Waals surface area contributed by atoms with E-state index < -0.39 is 0 Å². The molecule has 1 rings (SSSR count). The second-order valence-corrected chi connectivity index (χ2v) is 5.27. The zero-order valence-corrected chi connectivity index (χ0v) is 12.8. The van der Waals surface area contributed by atoms with Gasteiger partial charge < -0.3 is 5.32 Å². The number of unbranched alkanes of at least 4 members (excludes halogenated alkanes) is 3. The average molecular weight is 263 g/mol. The van der Waals surface area contributed by atoms with E-state index in [9.17, 15) is 0 Å². The van der Waals surface area contributed by atoms with E-state index in [-0.39, 0.29) is 0 Å². The molecule has 1 unspecified atom stereocenters. The van der Waals surface area contributed by atoms with E-state index in [2.05, 4.69) is 36.9 Å². The molecule has 0 aromatic carbocycles. The van der Waals surface area contributed by atoms with Gasteiger partial charge in [0.05, 0.1) is 11.4 Å². The average Bonchev–Trinajstić information content (AvgIpc) is 2.72. The Balaban J connectivity index is 2.51. The van der Waals surface area contributed by atoms with Crippen LogP contribution in [0.3, 0.4) is 0 Å². The van der Waals surface area contributed by atoms with Gasteiger partial charge in [-0.1, -0.05) is 25.8 Å². The van der Waals surface area contributed by atoms with Crippen LogP contribution in [0.4, 0.5) is 0 Å². The standard InChI is InChI=1S/C16H29N3/c1-5-7-8-9-10-11-15(17-12-6-2)16-13-14(3)18-19(16)4/h5,13,15,17H,1,6-12H2,2-4H3. The molecule has 0 aliphatic rings. The molecule has 0 fully saturated rings. The maximum absolute atomic E-state index is 4.46. The molecule has 0 bridgehead atoms. The smallest absolute Gasteiger partial charge is 0.0597 e. The molecule has 0 aliphatic heterocycles. The van der Waals surface area contributed by atoms with Crippen LogP contribution in [0.15, 0.2) is 18.7 Å². The highest BCUT2D eigenvalue weighted by atomic mass is 15.3. The van der Waals surface area contributed by atoms with E-state index in [1.54, 1.807) is 0 Å². The molecule has 108 valence electrons. The van der Waals surface area contributed by atoms with Crippen molar-refractivity contribution in [2.75, 3.05) is 6.54 Å². The molecule has 1 atom stereocenters. The van der Waals surface area contributed by atoms with Crippen LogP contribution in [-0.2, 0) is 7.05 Å². The third-order valence-corrected chi connectivity index (χ3v) is 3.44. The summed E-state index contributed by atoms with van der Waals surface area (Å²) in [5.41, 5.74) is 2.42. The topological polar surface area (TPSA) is 29.9 Å². The van der Waals surface area contributed by atoms with Gasteiger partial charge in [0.25, 0.3) is 0 Å². The van der Waals surface area contributed by atoms with Crippen LogP contribution in [0, 0.1) is 6.92 Å². The first kappa shape index (κ1) is 16.0. The first-order valence-corrected chi connectivity index (χ1v) is 7.53. The van der Waals surface area contributed by atoms with Crippen LogP contribution in [0.5, 0.6) is 0 Å². The Labute approximate surface area is 118 Å². The van der Waals surface area contributed by atoms with Gasteiger partial charge in [0.15, 0.2) is 0 Å². The highest BCUT2D eigenvalue weighted by molar-refractivity contribution is 5.13. The van der Waals surface area contributed by atoms with Crippen molar-refractivity contribution in [3.8, 4) is 0 Å². The van der Waals surface area contributed by atoms with E-state index in [4.69, 9.17) is 0 Å². The lowest BCUT2D eigenvalue weighted by atomic mass is 10.0. The lowest BCUT2D eigenvalue weighted by Gasteiger charge is -2.18. The number of hydrogen-bond donors (Lipinski definition) is 1. The van der Waals surface area contributed by atoms with E-state index >= 15 is 0 Å². The van der Waals surface area contributed by atoms with Crippen LogP contribution in [-0.4, -0.2) is 16.3 Å². The minimum absolute atomic E-state index is 0.440. The van der Waals surface area contributed by atoms with Crippen molar-refractivity contribution in [1.29, 1.82) is 0 Å². The summed E-state index contributed by atoms with van der Waals surface area (Å²) in [7, 11) is 2.04. The van der Waals surface area contributed by atoms with Crippen molar-refractivity contribution in [3.63, 3.8) is 0 Å². The minimum atomic E-state index is 0.440. The Morgan fingerprint density at radius 2 is 2.21 bits per heavy atom. The van der Waals surface area contributed by atoms with Gasteiger partial charge in [-0.25, -0.2) is 0 Å². The minimum Gasteiger partial charge on any atom is -0.309 e. The molecule has 1 heterocycles. The maximum atomic E-state index is 4.46. The molecule has 0 aliphatic carbocycles.